The number of carbonyl (C=O) groups excluding carboxylic acids is 3. The molecule has 12 heteroatoms. The molecule has 1 unspecified atom stereocenters. The third kappa shape index (κ3) is 24.8. The van der Waals surface area contributed by atoms with E-state index in [-0.39, 0.29) is 65.5 Å². The van der Waals surface area contributed by atoms with Gasteiger partial charge in [-0.1, -0.05) is 70.4 Å². The topological polar surface area (TPSA) is 153 Å². The molecule has 1 amide bonds. The van der Waals surface area contributed by atoms with Crippen molar-refractivity contribution in [2.24, 2.45) is 0 Å². The molecule has 1 N–H and O–H groups in total. The molecule has 0 aliphatic carbocycles. The van der Waals surface area contributed by atoms with Crippen LogP contribution in [-0.4, -0.2) is 41.8 Å². The van der Waals surface area contributed by atoms with Crippen LogP contribution in [-0.2, 0) is 29.2 Å². The summed E-state index contributed by atoms with van der Waals surface area (Å²) in [6.45, 7) is 4.83. The van der Waals surface area contributed by atoms with Crippen LogP contribution < -0.4 is 69.5 Å². The maximum atomic E-state index is 12.1. The fourth-order valence-electron chi connectivity index (χ4n) is 3.55. The van der Waals surface area contributed by atoms with Crippen molar-refractivity contribution in [3.63, 3.8) is 0 Å². The van der Waals surface area contributed by atoms with Crippen LogP contribution in [0.3, 0.4) is 0 Å². The summed E-state index contributed by atoms with van der Waals surface area (Å²) in [7, 11) is -5.26. The Morgan fingerprint density at radius 2 is 1.32 bits per heavy atom. The van der Waals surface area contributed by atoms with Crippen LogP contribution in [0.4, 0.5) is 0 Å². The van der Waals surface area contributed by atoms with Crippen LogP contribution in [0.1, 0.15) is 117 Å². The van der Waals surface area contributed by atoms with E-state index >= 15 is 0 Å². The van der Waals surface area contributed by atoms with Crippen LogP contribution in [0.5, 0.6) is 0 Å². The summed E-state index contributed by atoms with van der Waals surface area (Å²) in [4.78, 5) is 34.7. The van der Waals surface area contributed by atoms with Crippen molar-refractivity contribution in [3.8, 4) is 0 Å². The average Bonchev–Trinajstić information content (AvgIpc) is 2.73. The Bertz CT molecular complexity index is 773. The Kier molecular flexibility index (Phi) is 26.8. The molecule has 0 saturated heterocycles. The number of carbonyl (C=O) groups is 3. The molecule has 0 aliphatic rings. The Morgan fingerprint density at radius 3 is 1.78 bits per heavy atom. The number of nitrogens with one attached hydrogen (secondary N) is 1. The van der Waals surface area contributed by atoms with Gasteiger partial charge in [-0.05, 0) is 46.0 Å². The van der Waals surface area contributed by atoms with Crippen molar-refractivity contribution in [1.82, 2.24) is 5.32 Å². The zero-order valence-electron chi connectivity index (χ0n) is 23.5. The quantitative estimate of drug-likeness (QED) is 0.0401. The van der Waals surface area contributed by atoms with Crippen LogP contribution in [0, 0.1) is 0 Å². The summed E-state index contributed by atoms with van der Waals surface area (Å²) in [6, 6.07) is 0. The third-order valence-electron chi connectivity index (χ3n) is 5.43. The first kappa shape index (κ1) is 41.5. The van der Waals surface area contributed by atoms with Gasteiger partial charge in [0, 0.05) is 18.8 Å². The smallest absolute Gasteiger partial charge is 0.747 e. The number of esters is 1. The second kappa shape index (κ2) is 23.9. The molecule has 204 valence electrons. The number of hydrogen-bond acceptors (Lipinski definition) is 8. The zero-order chi connectivity index (χ0) is 26.7. The SMILES string of the molecule is CCCCCCCC/C=C\CCCCCCCC(=O)NC(C)(C)OC(=O)C(CC(=O)[O-])S(=O)(=O)[O-].[Na+].[Na+]. The third-order valence-corrected chi connectivity index (χ3v) is 6.48. The van der Waals surface area contributed by atoms with Crippen LogP contribution in [0.25, 0.3) is 0 Å². The van der Waals surface area contributed by atoms with Crippen molar-refractivity contribution in [2.45, 2.75) is 128 Å². The summed E-state index contributed by atoms with van der Waals surface area (Å²) >= 11 is 0. The Labute approximate surface area is 267 Å². The minimum Gasteiger partial charge on any atom is -0.747 e. The van der Waals surface area contributed by atoms with E-state index in [2.05, 4.69) is 24.4 Å². The second-order valence-electron chi connectivity index (χ2n) is 9.37. The molecule has 0 spiro atoms. The number of allylic oxidation sites excluding steroid dienone is 2. The standard InChI is InChI=1S/C25H45NO8S.2Na/c1-4-5-6-7-8-9-10-11-12-13-14-15-16-17-18-19-22(27)26-25(2,3)34-24(30)21(20-23(28)29)35(31,32)33;;/h11-12,21H,4-10,13-20H2,1-3H3,(H,26,27)(H,28,29)(H,31,32,33);;/q;2*+1/p-2/b12-11-;;. The molecule has 37 heavy (non-hydrogen) atoms. The summed E-state index contributed by atoms with van der Waals surface area (Å²) in [5.41, 5.74) is -1.61. The summed E-state index contributed by atoms with van der Waals surface area (Å²) in [5.74, 6) is -3.82. The molecule has 0 fully saturated rings. The van der Waals surface area contributed by atoms with Gasteiger partial charge in [0.25, 0.3) is 0 Å². The van der Waals surface area contributed by atoms with Crippen molar-refractivity contribution < 1.29 is 96.3 Å². The van der Waals surface area contributed by atoms with Crippen molar-refractivity contribution >= 4 is 28.0 Å². The Hall–Kier alpha value is 0.0600. The van der Waals surface area contributed by atoms with Gasteiger partial charge in [0.05, 0.1) is 0 Å². The molecular formula is C25H43NNa2O8S. The van der Waals surface area contributed by atoms with E-state index in [0.29, 0.717) is 6.42 Å². The van der Waals surface area contributed by atoms with Gasteiger partial charge >= 0.3 is 65.1 Å². The molecule has 0 aromatic carbocycles. The normalized spacial score (nSPS) is 12.3. The molecule has 0 aromatic heterocycles. The largest absolute Gasteiger partial charge is 1.00 e. The minimum atomic E-state index is -5.26. The van der Waals surface area contributed by atoms with Gasteiger partial charge in [-0.2, -0.15) is 0 Å². The van der Waals surface area contributed by atoms with Gasteiger partial charge in [-0.15, -0.1) is 0 Å². The number of carboxylic acids is 1. The predicted octanol–water partition coefficient (Wildman–Crippen LogP) is -2.52. The molecule has 0 rings (SSSR count). The van der Waals surface area contributed by atoms with Gasteiger partial charge in [-0.3, -0.25) is 9.59 Å². The number of unbranched alkanes of at least 4 members (excludes halogenated alkanes) is 11. The molecule has 0 aliphatic heterocycles. The van der Waals surface area contributed by atoms with E-state index in [4.69, 9.17) is 4.74 Å². The van der Waals surface area contributed by atoms with E-state index in [1.165, 1.54) is 52.4 Å². The number of carboxylic acid groups (broad SMARTS) is 1. The van der Waals surface area contributed by atoms with E-state index in [0.717, 1.165) is 38.5 Å². The first-order valence-electron chi connectivity index (χ1n) is 12.7. The van der Waals surface area contributed by atoms with Crippen LogP contribution in [0.15, 0.2) is 12.2 Å². The maximum Gasteiger partial charge on any atom is 1.00 e. The van der Waals surface area contributed by atoms with Crippen molar-refractivity contribution in [1.29, 1.82) is 0 Å². The van der Waals surface area contributed by atoms with Gasteiger partial charge in [0.15, 0.2) is 11.0 Å². The average molecular weight is 564 g/mol. The molecule has 0 heterocycles. The Balaban J connectivity index is -0.00000578. The van der Waals surface area contributed by atoms with E-state index in [1.807, 2.05) is 0 Å². The molecule has 1 atom stereocenters. The van der Waals surface area contributed by atoms with Gasteiger partial charge in [0.1, 0.15) is 10.1 Å². The van der Waals surface area contributed by atoms with Crippen LogP contribution >= 0.6 is 0 Å². The zero-order valence-corrected chi connectivity index (χ0v) is 28.3. The number of hydrogen-bond donors (Lipinski definition) is 1. The fourth-order valence-corrected chi connectivity index (χ4v) is 4.18. The van der Waals surface area contributed by atoms with Gasteiger partial charge in [-0.25, -0.2) is 8.42 Å². The maximum absolute atomic E-state index is 12.1. The second-order valence-corrected chi connectivity index (χ2v) is 10.9. The number of amides is 1. The fraction of sp³-hybridized carbons (Fsp3) is 0.800. The molecule has 0 radical (unpaired) electrons. The summed E-state index contributed by atoms with van der Waals surface area (Å²) < 4.78 is 38.3. The predicted molar refractivity (Wildman–Crippen MR) is 131 cm³/mol. The van der Waals surface area contributed by atoms with E-state index in [9.17, 15) is 32.5 Å². The summed E-state index contributed by atoms with van der Waals surface area (Å²) in [6.07, 6.45) is 18.2. The molecule has 0 aromatic rings. The van der Waals surface area contributed by atoms with E-state index < -0.39 is 45.4 Å². The monoisotopic (exact) mass is 563 g/mol. The number of rotatable bonds is 21. The minimum absolute atomic E-state index is 0. The number of ether oxygens (including phenoxy) is 1. The van der Waals surface area contributed by atoms with Crippen LogP contribution in [0.2, 0.25) is 0 Å². The first-order chi connectivity index (χ1) is 16.4. The summed E-state index contributed by atoms with van der Waals surface area (Å²) in [5, 5.41) is 10.6. The molecular weight excluding hydrogens is 520 g/mol. The molecule has 9 nitrogen and oxygen atoms in total. The Morgan fingerprint density at radius 1 is 0.865 bits per heavy atom. The van der Waals surface area contributed by atoms with Gasteiger partial charge < -0.3 is 24.5 Å². The van der Waals surface area contributed by atoms with Gasteiger partial charge in [0.2, 0.25) is 5.91 Å². The molecule has 0 bridgehead atoms. The van der Waals surface area contributed by atoms with E-state index in [1.54, 1.807) is 0 Å². The first-order valence-corrected chi connectivity index (χ1v) is 14.2. The number of aliphatic carboxylic acids is 1. The molecule has 0 saturated carbocycles. The van der Waals surface area contributed by atoms with Crippen molar-refractivity contribution in [3.05, 3.63) is 12.2 Å². The van der Waals surface area contributed by atoms with Crippen molar-refractivity contribution in [2.75, 3.05) is 0 Å².